The SMILES string of the molecule is COc1cc(Cl)cc(C#N)c1O. The molecule has 0 amide bonds. The van der Waals surface area contributed by atoms with Crippen molar-refractivity contribution in [2.24, 2.45) is 0 Å². The summed E-state index contributed by atoms with van der Waals surface area (Å²) in [6, 6.07) is 4.61. The molecule has 3 nitrogen and oxygen atoms in total. The normalized spacial score (nSPS) is 9.08. The Morgan fingerprint density at radius 3 is 2.75 bits per heavy atom. The van der Waals surface area contributed by atoms with Crippen molar-refractivity contribution in [2.75, 3.05) is 7.11 Å². The molecule has 0 aliphatic carbocycles. The third-order valence-corrected chi connectivity index (χ3v) is 1.60. The van der Waals surface area contributed by atoms with Gasteiger partial charge in [0.1, 0.15) is 6.07 Å². The predicted molar refractivity (Wildman–Crippen MR) is 44.4 cm³/mol. The Kier molecular flexibility index (Phi) is 2.41. The molecule has 4 heteroatoms. The van der Waals surface area contributed by atoms with Gasteiger partial charge in [-0.05, 0) is 6.07 Å². The number of phenols is 1. The molecule has 1 N–H and O–H groups in total. The standard InChI is InChI=1S/C8H6ClNO2/c1-12-7-3-6(9)2-5(4-10)8(7)11/h2-3,11H,1H3. The van der Waals surface area contributed by atoms with Crippen LogP contribution in [0.1, 0.15) is 5.56 Å². The van der Waals surface area contributed by atoms with Gasteiger partial charge >= 0.3 is 0 Å². The van der Waals surface area contributed by atoms with Gasteiger partial charge in [0.15, 0.2) is 11.5 Å². The summed E-state index contributed by atoms with van der Waals surface area (Å²) in [4.78, 5) is 0. The van der Waals surface area contributed by atoms with Crippen LogP contribution in [-0.2, 0) is 0 Å². The molecule has 1 aromatic rings. The van der Waals surface area contributed by atoms with Crippen LogP contribution in [0.5, 0.6) is 11.5 Å². The Balaban J connectivity index is 3.34. The predicted octanol–water partition coefficient (Wildman–Crippen LogP) is 1.93. The summed E-state index contributed by atoms with van der Waals surface area (Å²) in [7, 11) is 1.40. The summed E-state index contributed by atoms with van der Waals surface area (Å²) >= 11 is 5.64. The van der Waals surface area contributed by atoms with E-state index in [0.717, 1.165) is 0 Å². The third-order valence-electron chi connectivity index (χ3n) is 1.38. The summed E-state index contributed by atoms with van der Waals surface area (Å²) < 4.78 is 4.78. The maximum absolute atomic E-state index is 9.31. The minimum absolute atomic E-state index is 0.111. The molecule has 0 saturated heterocycles. The molecule has 0 radical (unpaired) electrons. The molecule has 12 heavy (non-hydrogen) atoms. The first-order valence-electron chi connectivity index (χ1n) is 3.15. The van der Waals surface area contributed by atoms with E-state index in [2.05, 4.69) is 0 Å². The molecule has 0 aliphatic rings. The quantitative estimate of drug-likeness (QED) is 0.724. The van der Waals surface area contributed by atoms with Crippen LogP contribution in [0.15, 0.2) is 12.1 Å². The minimum atomic E-state index is -0.176. The zero-order valence-electron chi connectivity index (χ0n) is 6.34. The summed E-state index contributed by atoms with van der Waals surface area (Å²) in [5.74, 6) is 0.0310. The van der Waals surface area contributed by atoms with Crippen molar-refractivity contribution >= 4 is 11.6 Å². The molecular weight excluding hydrogens is 178 g/mol. The number of phenolic OH excluding ortho intramolecular Hbond substituents is 1. The second kappa shape index (κ2) is 3.33. The zero-order chi connectivity index (χ0) is 9.14. The highest BCUT2D eigenvalue weighted by atomic mass is 35.5. The van der Waals surface area contributed by atoms with E-state index < -0.39 is 0 Å². The molecule has 0 aliphatic heterocycles. The number of nitrogens with zero attached hydrogens (tertiary/aromatic N) is 1. The van der Waals surface area contributed by atoms with Crippen LogP contribution in [0.4, 0.5) is 0 Å². The number of hydrogen-bond acceptors (Lipinski definition) is 3. The van der Waals surface area contributed by atoms with Gasteiger partial charge in [-0.3, -0.25) is 0 Å². The van der Waals surface area contributed by atoms with Crippen molar-refractivity contribution in [2.45, 2.75) is 0 Å². The van der Waals surface area contributed by atoms with Gasteiger partial charge in [0.2, 0.25) is 0 Å². The summed E-state index contributed by atoms with van der Waals surface area (Å²) in [6.45, 7) is 0. The van der Waals surface area contributed by atoms with Gasteiger partial charge in [-0.15, -0.1) is 0 Å². The summed E-state index contributed by atoms with van der Waals surface area (Å²) in [6.07, 6.45) is 0. The number of rotatable bonds is 1. The van der Waals surface area contributed by atoms with E-state index in [-0.39, 0.29) is 17.1 Å². The van der Waals surface area contributed by atoms with E-state index in [0.29, 0.717) is 5.02 Å². The van der Waals surface area contributed by atoms with E-state index in [1.807, 2.05) is 0 Å². The highest BCUT2D eigenvalue weighted by molar-refractivity contribution is 6.30. The van der Waals surface area contributed by atoms with E-state index in [4.69, 9.17) is 21.6 Å². The Labute approximate surface area is 74.8 Å². The van der Waals surface area contributed by atoms with Crippen LogP contribution in [0, 0.1) is 11.3 Å². The summed E-state index contributed by atoms with van der Waals surface area (Å²) in [5, 5.41) is 18.2. The fourth-order valence-electron chi connectivity index (χ4n) is 0.815. The van der Waals surface area contributed by atoms with Crippen LogP contribution < -0.4 is 4.74 Å². The monoisotopic (exact) mass is 183 g/mol. The lowest BCUT2D eigenvalue weighted by atomic mass is 10.2. The van der Waals surface area contributed by atoms with Gasteiger partial charge in [0, 0.05) is 11.1 Å². The largest absolute Gasteiger partial charge is 0.503 e. The van der Waals surface area contributed by atoms with Crippen LogP contribution in [-0.4, -0.2) is 12.2 Å². The molecule has 62 valence electrons. The highest BCUT2D eigenvalue weighted by Gasteiger charge is 2.08. The van der Waals surface area contributed by atoms with Crippen molar-refractivity contribution in [3.05, 3.63) is 22.7 Å². The molecule has 0 saturated carbocycles. The van der Waals surface area contributed by atoms with Crippen LogP contribution in [0.25, 0.3) is 0 Å². The van der Waals surface area contributed by atoms with Crippen molar-refractivity contribution in [1.29, 1.82) is 5.26 Å². The van der Waals surface area contributed by atoms with Gasteiger partial charge < -0.3 is 9.84 Å². The number of aromatic hydroxyl groups is 1. The second-order valence-electron chi connectivity index (χ2n) is 2.12. The number of hydrogen-bond donors (Lipinski definition) is 1. The average molecular weight is 184 g/mol. The second-order valence-corrected chi connectivity index (χ2v) is 2.55. The molecular formula is C8H6ClNO2. The Bertz CT molecular complexity index is 344. The average Bonchev–Trinajstić information content (AvgIpc) is 2.08. The fraction of sp³-hybridized carbons (Fsp3) is 0.125. The fourth-order valence-corrected chi connectivity index (χ4v) is 1.02. The molecule has 1 rings (SSSR count). The first-order valence-corrected chi connectivity index (χ1v) is 3.53. The minimum Gasteiger partial charge on any atom is -0.503 e. The lowest BCUT2D eigenvalue weighted by Crippen LogP contribution is -1.86. The molecule has 0 heterocycles. The molecule has 0 unspecified atom stereocenters. The Morgan fingerprint density at radius 2 is 2.25 bits per heavy atom. The molecule has 0 fully saturated rings. The lowest BCUT2D eigenvalue weighted by molar-refractivity contribution is 0.373. The van der Waals surface area contributed by atoms with Crippen molar-refractivity contribution < 1.29 is 9.84 Å². The topological polar surface area (TPSA) is 53.2 Å². The lowest BCUT2D eigenvalue weighted by Gasteiger charge is -2.04. The number of nitriles is 1. The van der Waals surface area contributed by atoms with Crippen LogP contribution in [0.2, 0.25) is 5.02 Å². The molecule has 0 atom stereocenters. The Hall–Kier alpha value is -1.40. The van der Waals surface area contributed by atoms with E-state index in [9.17, 15) is 5.11 Å². The van der Waals surface area contributed by atoms with Crippen molar-refractivity contribution in [3.63, 3.8) is 0 Å². The van der Waals surface area contributed by atoms with E-state index in [1.54, 1.807) is 6.07 Å². The number of methoxy groups -OCH3 is 1. The van der Waals surface area contributed by atoms with Gasteiger partial charge in [0.25, 0.3) is 0 Å². The number of ether oxygens (including phenoxy) is 1. The number of halogens is 1. The zero-order valence-corrected chi connectivity index (χ0v) is 7.09. The van der Waals surface area contributed by atoms with Gasteiger partial charge in [-0.25, -0.2) is 0 Å². The maximum Gasteiger partial charge on any atom is 0.175 e. The summed E-state index contributed by atoms with van der Waals surface area (Å²) in [5.41, 5.74) is 0.111. The molecule has 0 aromatic heterocycles. The smallest absolute Gasteiger partial charge is 0.175 e. The first kappa shape index (κ1) is 8.69. The van der Waals surface area contributed by atoms with Gasteiger partial charge in [0.05, 0.1) is 12.7 Å². The number of benzene rings is 1. The van der Waals surface area contributed by atoms with Gasteiger partial charge in [-0.2, -0.15) is 5.26 Å². The van der Waals surface area contributed by atoms with Crippen molar-refractivity contribution in [3.8, 4) is 17.6 Å². The third kappa shape index (κ3) is 1.44. The van der Waals surface area contributed by atoms with Crippen LogP contribution in [0.3, 0.4) is 0 Å². The Morgan fingerprint density at radius 1 is 1.58 bits per heavy atom. The molecule has 0 bridgehead atoms. The maximum atomic E-state index is 9.31. The molecule has 0 spiro atoms. The first-order chi connectivity index (χ1) is 5.69. The van der Waals surface area contributed by atoms with Crippen LogP contribution >= 0.6 is 11.6 Å². The highest BCUT2D eigenvalue weighted by Crippen LogP contribution is 2.32. The van der Waals surface area contributed by atoms with E-state index >= 15 is 0 Å². The van der Waals surface area contributed by atoms with Gasteiger partial charge in [-0.1, -0.05) is 11.6 Å². The molecule has 1 aromatic carbocycles. The van der Waals surface area contributed by atoms with E-state index in [1.165, 1.54) is 19.2 Å². The van der Waals surface area contributed by atoms with Crippen molar-refractivity contribution in [1.82, 2.24) is 0 Å².